The molecule has 0 aliphatic heterocycles. The SMILES string of the molecule is Cc1ccc(N=Nc2c(C)[nH]n(-c3cc(S(=O)(=O)O)ccc3Cl)c2=O)c(S(=O)(=O)O)c1. The molecule has 1 heterocycles. The molecule has 0 bridgehead atoms. The van der Waals surface area contributed by atoms with Crippen molar-refractivity contribution in [3.63, 3.8) is 0 Å². The second kappa shape index (κ2) is 8.01. The van der Waals surface area contributed by atoms with Crippen LogP contribution in [-0.4, -0.2) is 35.7 Å². The van der Waals surface area contributed by atoms with Gasteiger partial charge in [-0.2, -0.15) is 16.8 Å². The number of aromatic nitrogens is 2. The highest BCUT2D eigenvalue weighted by molar-refractivity contribution is 7.86. The van der Waals surface area contributed by atoms with Gasteiger partial charge in [-0.1, -0.05) is 17.7 Å². The van der Waals surface area contributed by atoms with Crippen LogP contribution in [0.15, 0.2) is 61.2 Å². The molecule has 1 aromatic heterocycles. The molecule has 0 spiro atoms. The van der Waals surface area contributed by atoms with Crippen molar-refractivity contribution in [3.05, 3.63) is 63.0 Å². The Bertz CT molecular complexity index is 1490. The average Bonchev–Trinajstić information content (AvgIpc) is 2.93. The molecule has 0 amide bonds. The monoisotopic (exact) mass is 486 g/mol. The maximum Gasteiger partial charge on any atom is 0.299 e. The zero-order valence-corrected chi connectivity index (χ0v) is 18.3. The van der Waals surface area contributed by atoms with Gasteiger partial charge in [-0.3, -0.25) is 19.0 Å². The molecule has 14 heteroatoms. The minimum Gasteiger partial charge on any atom is -0.293 e. The Balaban J connectivity index is 2.13. The number of benzene rings is 2. The van der Waals surface area contributed by atoms with Gasteiger partial charge < -0.3 is 0 Å². The van der Waals surface area contributed by atoms with Crippen LogP contribution in [-0.2, 0) is 20.2 Å². The Kier molecular flexibility index (Phi) is 5.90. The smallest absolute Gasteiger partial charge is 0.293 e. The maximum atomic E-state index is 12.8. The number of hydrogen-bond acceptors (Lipinski definition) is 7. The van der Waals surface area contributed by atoms with E-state index in [1.54, 1.807) is 13.0 Å². The summed E-state index contributed by atoms with van der Waals surface area (Å²) in [5, 5.41) is 10.2. The topological polar surface area (TPSA) is 171 Å². The number of azo groups is 1. The Labute approximate surface area is 181 Å². The largest absolute Gasteiger partial charge is 0.299 e. The molecule has 0 aliphatic carbocycles. The van der Waals surface area contributed by atoms with Crippen LogP contribution in [0.1, 0.15) is 11.3 Å². The van der Waals surface area contributed by atoms with Crippen molar-refractivity contribution in [2.75, 3.05) is 0 Å². The Morgan fingerprint density at radius 3 is 2.26 bits per heavy atom. The minimum absolute atomic E-state index is 0.00596. The molecule has 0 radical (unpaired) electrons. The number of H-pyrrole nitrogens is 1. The first kappa shape index (κ1) is 22.8. The molecular formula is C17H15ClN4O7S2. The lowest BCUT2D eigenvalue weighted by atomic mass is 10.2. The van der Waals surface area contributed by atoms with Crippen molar-refractivity contribution >= 4 is 43.2 Å². The lowest BCUT2D eigenvalue weighted by Crippen LogP contribution is -2.15. The van der Waals surface area contributed by atoms with E-state index in [1.165, 1.54) is 25.1 Å². The fourth-order valence-electron chi connectivity index (χ4n) is 2.66. The van der Waals surface area contributed by atoms with Crippen LogP contribution >= 0.6 is 11.6 Å². The van der Waals surface area contributed by atoms with Crippen LogP contribution in [0.2, 0.25) is 5.02 Å². The molecule has 31 heavy (non-hydrogen) atoms. The van der Waals surface area contributed by atoms with E-state index < -0.39 is 35.6 Å². The van der Waals surface area contributed by atoms with Gasteiger partial charge in [-0.15, -0.1) is 10.2 Å². The first-order chi connectivity index (χ1) is 14.3. The molecule has 0 atom stereocenters. The third-order valence-electron chi connectivity index (χ3n) is 4.15. The summed E-state index contributed by atoms with van der Waals surface area (Å²) in [5.74, 6) is 0. The quantitative estimate of drug-likeness (QED) is 0.366. The molecule has 11 nitrogen and oxygen atoms in total. The van der Waals surface area contributed by atoms with E-state index >= 15 is 0 Å². The van der Waals surface area contributed by atoms with Crippen molar-refractivity contribution in [2.45, 2.75) is 23.6 Å². The Morgan fingerprint density at radius 1 is 0.968 bits per heavy atom. The van der Waals surface area contributed by atoms with E-state index in [0.29, 0.717) is 5.56 Å². The molecule has 3 N–H and O–H groups in total. The first-order valence-electron chi connectivity index (χ1n) is 8.38. The van der Waals surface area contributed by atoms with Crippen LogP contribution in [0, 0.1) is 13.8 Å². The van der Waals surface area contributed by atoms with Crippen LogP contribution in [0.25, 0.3) is 5.69 Å². The van der Waals surface area contributed by atoms with Gasteiger partial charge in [0.2, 0.25) is 0 Å². The molecule has 0 fully saturated rings. The zero-order chi connectivity index (χ0) is 23.1. The molecule has 3 aromatic rings. The Hall–Kier alpha value is -2.84. The zero-order valence-electron chi connectivity index (χ0n) is 15.9. The van der Waals surface area contributed by atoms with E-state index in [0.717, 1.165) is 16.8 Å². The Morgan fingerprint density at radius 2 is 1.65 bits per heavy atom. The van der Waals surface area contributed by atoms with E-state index in [2.05, 4.69) is 15.3 Å². The lowest BCUT2D eigenvalue weighted by Gasteiger charge is -2.06. The van der Waals surface area contributed by atoms with E-state index in [1.807, 2.05) is 0 Å². The molecule has 164 valence electrons. The predicted molar refractivity (Wildman–Crippen MR) is 111 cm³/mol. The molecule has 3 rings (SSSR count). The lowest BCUT2D eigenvalue weighted by molar-refractivity contribution is 0.481. The van der Waals surface area contributed by atoms with Crippen LogP contribution in [0.4, 0.5) is 11.4 Å². The summed E-state index contributed by atoms with van der Waals surface area (Å²) in [5.41, 5.74) is -0.472. The summed E-state index contributed by atoms with van der Waals surface area (Å²) >= 11 is 6.07. The third kappa shape index (κ3) is 4.75. The molecular weight excluding hydrogens is 472 g/mol. The van der Waals surface area contributed by atoms with Gasteiger partial charge >= 0.3 is 0 Å². The molecule has 2 aromatic carbocycles. The van der Waals surface area contributed by atoms with Gasteiger partial charge in [0.25, 0.3) is 25.8 Å². The van der Waals surface area contributed by atoms with Crippen molar-refractivity contribution in [2.24, 2.45) is 10.2 Å². The van der Waals surface area contributed by atoms with E-state index in [-0.39, 0.29) is 27.8 Å². The number of hydrogen-bond donors (Lipinski definition) is 3. The molecule has 0 saturated carbocycles. The van der Waals surface area contributed by atoms with Gasteiger partial charge in [0.05, 0.1) is 21.3 Å². The summed E-state index contributed by atoms with van der Waals surface area (Å²) in [7, 11) is -9.13. The number of halogens is 1. The van der Waals surface area contributed by atoms with Gasteiger partial charge in [-0.25, -0.2) is 4.68 Å². The van der Waals surface area contributed by atoms with Gasteiger partial charge in [0, 0.05) is 0 Å². The number of nitrogens with zero attached hydrogens (tertiary/aromatic N) is 3. The fraction of sp³-hybridized carbons (Fsp3) is 0.118. The summed E-state index contributed by atoms with van der Waals surface area (Å²) < 4.78 is 65.5. The van der Waals surface area contributed by atoms with Crippen molar-refractivity contribution in [1.29, 1.82) is 0 Å². The molecule has 0 aliphatic rings. The molecule has 0 unspecified atom stereocenters. The number of rotatable bonds is 5. The highest BCUT2D eigenvalue weighted by Crippen LogP contribution is 2.28. The highest BCUT2D eigenvalue weighted by atomic mass is 35.5. The first-order valence-corrected chi connectivity index (χ1v) is 11.6. The summed E-state index contributed by atoms with van der Waals surface area (Å²) in [6.07, 6.45) is 0. The second-order valence-corrected chi connectivity index (χ2v) is 9.68. The summed E-state index contributed by atoms with van der Waals surface area (Å²) in [6.45, 7) is 3.10. The van der Waals surface area contributed by atoms with E-state index in [4.69, 9.17) is 11.6 Å². The van der Waals surface area contributed by atoms with Crippen molar-refractivity contribution in [3.8, 4) is 5.69 Å². The second-order valence-electron chi connectivity index (χ2n) is 6.46. The maximum absolute atomic E-state index is 12.8. The van der Waals surface area contributed by atoms with Crippen LogP contribution < -0.4 is 5.56 Å². The van der Waals surface area contributed by atoms with Gasteiger partial charge in [0.1, 0.15) is 10.6 Å². The van der Waals surface area contributed by atoms with Gasteiger partial charge in [0.15, 0.2) is 5.69 Å². The van der Waals surface area contributed by atoms with Crippen LogP contribution in [0.5, 0.6) is 0 Å². The van der Waals surface area contributed by atoms with E-state index in [9.17, 15) is 30.7 Å². The van der Waals surface area contributed by atoms with Crippen LogP contribution in [0.3, 0.4) is 0 Å². The molecule has 0 saturated heterocycles. The normalized spacial score (nSPS) is 12.5. The van der Waals surface area contributed by atoms with Gasteiger partial charge in [-0.05, 0) is 49.7 Å². The number of aromatic amines is 1. The fourth-order valence-corrected chi connectivity index (χ4v) is 4.07. The number of nitrogens with one attached hydrogen (secondary N) is 1. The average molecular weight is 487 g/mol. The summed E-state index contributed by atoms with van der Waals surface area (Å²) in [4.78, 5) is 11.8. The standard InChI is InChI=1S/C17H15ClN4O7S2/c1-9-3-6-13(15(7-9)31(27,28)29)19-20-16-10(2)21-22(17(16)23)14-8-11(30(24,25)26)4-5-12(14)18/h3-8,21H,1-2H3,(H,24,25,26)(H,27,28,29). The predicted octanol–water partition coefficient (Wildman–Crippen LogP) is 3.34. The number of aryl methyl sites for hydroxylation is 2. The van der Waals surface area contributed by atoms with Crippen molar-refractivity contribution in [1.82, 2.24) is 9.78 Å². The summed E-state index contributed by atoms with van der Waals surface area (Å²) in [6, 6.07) is 7.31. The minimum atomic E-state index is -4.59. The highest BCUT2D eigenvalue weighted by Gasteiger charge is 2.19. The third-order valence-corrected chi connectivity index (χ3v) is 6.20. The van der Waals surface area contributed by atoms with Crippen molar-refractivity contribution < 1.29 is 25.9 Å².